The molecule has 0 radical (unpaired) electrons. The van der Waals surface area contributed by atoms with Gasteiger partial charge < -0.3 is 14.9 Å². The first-order valence-electron chi connectivity index (χ1n) is 14.2. The first-order chi connectivity index (χ1) is 19.9. The van der Waals surface area contributed by atoms with Crippen LogP contribution < -0.4 is 10.9 Å². The highest BCUT2D eigenvalue weighted by molar-refractivity contribution is 6.05. The highest BCUT2D eigenvalue weighted by Gasteiger charge is 2.10. The molecule has 0 saturated heterocycles. The lowest BCUT2D eigenvalue weighted by Crippen LogP contribution is -2.14. The van der Waals surface area contributed by atoms with Crippen molar-refractivity contribution < 1.29 is 13.0 Å². The second-order valence-corrected chi connectivity index (χ2v) is 8.35. The second-order valence-electron chi connectivity index (χ2n) is 8.35. The molecule has 2 N–H and O–H groups in total. The quantitative estimate of drug-likeness (QED) is 0.340. The summed E-state index contributed by atoms with van der Waals surface area (Å²) in [6.07, 6.45) is 2.48. The Bertz CT molecular complexity index is 1950. The van der Waals surface area contributed by atoms with Crippen molar-refractivity contribution in [3.05, 3.63) is 119 Å². The summed E-state index contributed by atoms with van der Waals surface area (Å²) in [5.41, 5.74) is 4.62. The van der Waals surface area contributed by atoms with Crippen LogP contribution in [-0.2, 0) is 0 Å². The third-order valence-corrected chi connectivity index (χ3v) is 5.45. The number of nitrogens with zero attached hydrogens (tertiary/aromatic N) is 4. The second kappa shape index (κ2) is 9.84. The maximum Gasteiger partial charge on any atom is 0.255 e. The van der Waals surface area contributed by atoms with E-state index in [4.69, 9.17) is 8.22 Å². The van der Waals surface area contributed by atoms with Gasteiger partial charge in [0.15, 0.2) is 0 Å². The van der Waals surface area contributed by atoms with Gasteiger partial charge in [0.25, 0.3) is 5.91 Å². The van der Waals surface area contributed by atoms with Crippen molar-refractivity contribution in [2.45, 2.75) is 20.8 Å². The maximum atomic E-state index is 13.2. The molecule has 0 aliphatic heterocycles. The third kappa shape index (κ3) is 5.15. The third-order valence-electron chi connectivity index (χ3n) is 5.45. The topological polar surface area (TPSA) is 88.0 Å². The minimum atomic E-state index is -0.530. The highest BCUT2D eigenvalue weighted by Crippen LogP contribution is 2.23. The lowest BCUT2D eigenvalue weighted by molar-refractivity contribution is 0.102. The molecule has 0 saturated carbocycles. The van der Waals surface area contributed by atoms with Crippen molar-refractivity contribution in [1.29, 1.82) is 0 Å². The van der Waals surface area contributed by atoms with E-state index in [9.17, 15) is 4.79 Å². The van der Waals surface area contributed by atoms with Gasteiger partial charge in [-0.2, -0.15) is 0 Å². The van der Waals surface area contributed by atoms with Crippen LogP contribution in [0.1, 0.15) is 35.3 Å². The number of hydrogen-bond donors (Lipinski definition) is 2. The normalized spacial score (nSPS) is 13.8. The number of rotatable bonds is 5. The van der Waals surface area contributed by atoms with Crippen LogP contribution in [0, 0.1) is 20.8 Å². The summed E-state index contributed by atoms with van der Waals surface area (Å²) in [4.78, 5) is 28.2. The van der Waals surface area contributed by atoms with E-state index in [0.29, 0.717) is 22.5 Å². The molecule has 0 atom stereocenters. The molecule has 36 heavy (non-hydrogen) atoms. The molecule has 5 rings (SSSR count). The molecule has 2 aromatic carbocycles. The molecule has 178 valence electrons. The van der Waals surface area contributed by atoms with Crippen molar-refractivity contribution in [1.82, 2.24) is 19.5 Å². The Labute approximate surface area is 217 Å². The molecule has 5 aromatic rings. The number of aromatic amines is 1. The monoisotopic (exact) mass is 480 g/mol. The number of H-pyrrole nitrogens is 1. The Morgan fingerprint density at radius 3 is 2.78 bits per heavy atom. The fourth-order valence-electron chi connectivity index (χ4n) is 3.67. The number of nitrogens with one attached hydrogen (secondary N) is 2. The summed E-state index contributed by atoms with van der Waals surface area (Å²) in [7, 11) is 0. The minimum Gasteiger partial charge on any atom is -0.324 e. The van der Waals surface area contributed by atoms with Gasteiger partial charge in [0.2, 0.25) is 5.62 Å². The number of aryl methyl sites for hydroxylation is 3. The van der Waals surface area contributed by atoms with E-state index in [1.807, 2.05) is 55.1 Å². The summed E-state index contributed by atoms with van der Waals surface area (Å²) < 4.78 is 50.3. The number of benzene rings is 2. The standard InChI is InChI=1S/C29H26N6O/c1-19-9-12-35(18-19)25-14-20(2)13-24(16-25)32-28(36)22-7-6-21(3)27(15-22)34-29-31-11-8-26(33-29)23-5-4-10-30-17-23/h4-18H,1-3H3,(H,32,36)(H,31,33,34)/i4D,5D,8D,10D,11D,17D. The first kappa shape index (κ1) is 16.8. The number of amides is 1. The van der Waals surface area contributed by atoms with E-state index in [1.54, 1.807) is 25.1 Å². The Balaban J connectivity index is 1.51. The van der Waals surface area contributed by atoms with E-state index in [0.717, 1.165) is 16.8 Å². The van der Waals surface area contributed by atoms with Gasteiger partial charge in [0.05, 0.1) is 19.6 Å². The number of aromatic nitrogens is 4. The van der Waals surface area contributed by atoms with Gasteiger partial charge in [-0.15, -0.1) is 0 Å². The summed E-state index contributed by atoms with van der Waals surface area (Å²) in [6.45, 7) is 5.75. The summed E-state index contributed by atoms with van der Waals surface area (Å²) in [5, 5.41) is 2.94. The Morgan fingerprint density at radius 1 is 1.06 bits per heavy atom. The molecule has 0 aliphatic rings. The zero-order valence-electron chi connectivity index (χ0n) is 25.9. The molecule has 3 aromatic heterocycles. The van der Waals surface area contributed by atoms with E-state index in [2.05, 4.69) is 25.3 Å². The molecular weight excluding hydrogens is 448 g/mol. The van der Waals surface area contributed by atoms with Gasteiger partial charge in [-0.3, -0.25) is 9.78 Å². The van der Waals surface area contributed by atoms with Crippen molar-refractivity contribution in [3.63, 3.8) is 0 Å². The van der Waals surface area contributed by atoms with Gasteiger partial charge in [-0.1, -0.05) is 6.07 Å². The van der Waals surface area contributed by atoms with Crippen LogP contribution in [0.25, 0.3) is 16.9 Å². The molecule has 0 spiro atoms. The largest absolute Gasteiger partial charge is 0.324 e. The fraction of sp³-hybridized carbons (Fsp3) is 0.103. The molecule has 0 bridgehead atoms. The molecular formula is C29H26N6O. The van der Waals surface area contributed by atoms with Crippen LogP contribution in [0.5, 0.6) is 0 Å². The van der Waals surface area contributed by atoms with E-state index < -0.39 is 36.6 Å². The van der Waals surface area contributed by atoms with Crippen LogP contribution in [-0.4, -0.2) is 25.4 Å². The van der Waals surface area contributed by atoms with Gasteiger partial charge in [-0.25, -0.2) is 9.98 Å². The van der Waals surface area contributed by atoms with Gasteiger partial charge in [-0.05, 0) is 92.0 Å². The summed E-state index contributed by atoms with van der Waals surface area (Å²) in [6, 6.07) is 11.4. The molecule has 0 fully saturated rings. The summed E-state index contributed by atoms with van der Waals surface area (Å²) in [5.74, 6) is -0.353. The molecule has 3 heterocycles. The number of carbonyl (C=O) groups is 1. The van der Waals surface area contributed by atoms with E-state index in [1.165, 1.54) is 0 Å². The molecule has 0 unspecified atom stereocenters. The Hall–Kier alpha value is -4.78. The van der Waals surface area contributed by atoms with Crippen LogP contribution >= 0.6 is 0 Å². The van der Waals surface area contributed by atoms with Crippen molar-refractivity contribution >= 4 is 17.3 Å². The lowest BCUT2D eigenvalue weighted by atomic mass is 10.1. The molecule has 1 amide bonds. The molecule has 0 aliphatic carbocycles. The van der Waals surface area contributed by atoms with Crippen LogP contribution in [0.2, 0.25) is 0 Å². The average Bonchev–Trinajstić information content (AvgIpc) is 3.37. The van der Waals surface area contributed by atoms with Crippen LogP contribution in [0.15, 0.2) is 96.5 Å². The minimum absolute atomic E-state index is 0.0997. The maximum absolute atomic E-state index is 13.2. The number of anilines is 1. The van der Waals surface area contributed by atoms with Gasteiger partial charge in [0.1, 0.15) is 0 Å². The Morgan fingerprint density at radius 2 is 1.94 bits per heavy atom. The lowest BCUT2D eigenvalue weighted by Gasteiger charge is -2.11. The first-order valence-corrected chi connectivity index (χ1v) is 11.2. The number of pyridine rings is 1. The smallest absolute Gasteiger partial charge is 0.255 e. The van der Waals surface area contributed by atoms with Gasteiger partial charge >= 0.3 is 0 Å². The fourth-order valence-corrected chi connectivity index (χ4v) is 3.67. The van der Waals surface area contributed by atoms with Gasteiger partial charge in [0, 0.05) is 53.4 Å². The number of hydrogen-bond acceptors (Lipinski definition) is 4. The zero-order valence-corrected chi connectivity index (χ0v) is 19.9. The van der Waals surface area contributed by atoms with Crippen molar-refractivity contribution in [2.24, 2.45) is 4.99 Å². The predicted octanol–water partition coefficient (Wildman–Crippen LogP) is 5.67. The van der Waals surface area contributed by atoms with Crippen molar-refractivity contribution in [2.75, 3.05) is 5.32 Å². The zero-order chi connectivity index (χ0) is 30.3. The van der Waals surface area contributed by atoms with Crippen molar-refractivity contribution in [3.8, 4) is 16.9 Å². The molecule has 7 heteroatoms. The van der Waals surface area contributed by atoms with E-state index in [-0.39, 0.29) is 22.8 Å². The summed E-state index contributed by atoms with van der Waals surface area (Å²) >= 11 is 0. The highest BCUT2D eigenvalue weighted by atomic mass is 16.1. The Kier molecular flexibility index (Phi) is 4.58. The average molecular weight is 481 g/mol. The predicted molar refractivity (Wildman–Crippen MR) is 141 cm³/mol. The van der Waals surface area contributed by atoms with Crippen LogP contribution in [0.4, 0.5) is 11.4 Å². The van der Waals surface area contributed by atoms with E-state index >= 15 is 0 Å². The van der Waals surface area contributed by atoms with Crippen LogP contribution in [0.3, 0.4) is 0 Å². The molecule has 7 nitrogen and oxygen atoms in total. The SMILES string of the molecule is [2H]c1nc(=Nc2cc(C(=O)Nc3cc(C)cc(-n4ccc(C)c4)c3)ccc2C)[nH]c(-c2c([2H])nc([2H])c([2H])c2[2H])c1[2H]. The number of carbonyl (C=O) groups excluding carboxylic acids is 1.